The van der Waals surface area contributed by atoms with Gasteiger partial charge in [-0.15, -0.1) is 0 Å². The lowest BCUT2D eigenvalue weighted by atomic mass is 10.4. The summed E-state index contributed by atoms with van der Waals surface area (Å²) < 4.78 is 1.55. The van der Waals surface area contributed by atoms with Crippen LogP contribution in [-0.4, -0.2) is 20.9 Å². The van der Waals surface area contributed by atoms with Gasteiger partial charge >= 0.3 is 0 Å². The molecule has 2 rings (SSSR count). The van der Waals surface area contributed by atoms with Gasteiger partial charge in [0.05, 0.1) is 11.9 Å². The minimum Gasteiger partial charge on any atom is -0.296 e. The maximum atomic E-state index is 10.4. The normalized spacial score (nSPS) is 10.6. The number of aryl methyl sites for hydroxylation is 1. The zero-order chi connectivity index (χ0) is 9.42. The maximum absolute atomic E-state index is 10.4. The molecule has 0 spiro atoms. The van der Waals surface area contributed by atoms with Crippen molar-refractivity contribution in [1.29, 1.82) is 0 Å². The van der Waals surface area contributed by atoms with Gasteiger partial charge in [0.15, 0.2) is 11.4 Å². The van der Waals surface area contributed by atoms with Gasteiger partial charge in [0, 0.05) is 0 Å². The molecule has 13 heavy (non-hydrogen) atoms. The molecule has 0 aliphatic heterocycles. The lowest BCUT2D eigenvalue weighted by Gasteiger charge is -1.96. The predicted molar refractivity (Wildman–Crippen MR) is 48.1 cm³/mol. The average Bonchev–Trinajstić information content (AvgIpc) is 2.47. The van der Waals surface area contributed by atoms with E-state index in [4.69, 9.17) is 11.6 Å². The summed E-state index contributed by atoms with van der Waals surface area (Å²) in [6, 6.07) is 1.60. The number of aromatic nitrogens is 3. The smallest absolute Gasteiger partial charge is 0.170 e. The van der Waals surface area contributed by atoms with Gasteiger partial charge in [0.1, 0.15) is 11.2 Å². The number of rotatable bonds is 1. The van der Waals surface area contributed by atoms with E-state index in [1.807, 2.05) is 6.92 Å². The van der Waals surface area contributed by atoms with Crippen molar-refractivity contribution >= 4 is 23.4 Å². The summed E-state index contributed by atoms with van der Waals surface area (Å²) >= 11 is 5.84. The highest BCUT2D eigenvalue weighted by Gasteiger charge is 2.05. The van der Waals surface area contributed by atoms with Crippen LogP contribution in [0.5, 0.6) is 0 Å². The monoisotopic (exact) mass is 195 g/mol. The second-order valence-electron chi connectivity index (χ2n) is 2.69. The summed E-state index contributed by atoms with van der Waals surface area (Å²) in [5.74, 6) is 0. The zero-order valence-corrected chi connectivity index (χ0v) is 7.62. The number of halogens is 1. The Labute approximate surface area is 79.2 Å². The van der Waals surface area contributed by atoms with Gasteiger partial charge in [-0.25, -0.2) is 9.50 Å². The number of aldehydes is 1. The van der Waals surface area contributed by atoms with Gasteiger partial charge in [-0.3, -0.25) is 4.79 Å². The highest BCUT2D eigenvalue weighted by molar-refractivity contribution is 6.32. The van der Waals surface area contributed by atoms with E-state index in [1.165, 1.54) is 0 Å². The van der Waals surface area contributed by atoms with Crippen LogP contribution in [0.2, 0.25) is 5.15 Å². The lowest BCUT2D eigenvalue weighted by molar-refractivity contribution is 0.111. The molecule has 0 aliphatic rings. The van der Waals surface area contributed by atoms with E-state index in [2.05, 4.69) is 10.1 Å². The summed E-state index contributed by atoms with van der Waals surface area (Å²) in [5.41, 5.74) is 1.77. The predicted octanol–water partition coefficient (Wildman–Crippen LogP) is 1.50. The Hall–Kier alpha value is -1.42. The van der Waals surface area contributed by atoms with E-state index < -0.39 is 0 Å². The molecule has 2 aromatic rings. The molecule has 2 heterocycles. The van der Waals surface area contributed by atoms with Crippen LogP contribution in [0, 0.1) is 6.92 Å². The van der Waals surface area contributed by atoms with Gasteiger partial charge in [-0.2, -0.15) is 5.10 Å². The first kappa shape index (κ1) is 8.19. The topological polar surface area (TPSA) is 47.3 Å². The lowest BCUT2D eigenvalue weighted by Crippen LogP contribution is -1.92. The molecular formula is C8H6ClN3O. The van der Waals surface area contributed by atoms with E-state index in [1.54, 1.807) is 16.8 Å². The van der Waals surface area contributed by atoms with Crippen LogP contribution in [0.25, 0.3) is 5.52 Å². The minimum absolute atomic E-state index is 0.356. The van der Waals surface area contributed by atoms with Crippen molar-refractivity contribution in [3.8, 4) is 0 Å². The Kier molecular flexibility index (Phi) is 1.77. The number of hydrogen-bond acceptors (Lipinski definition) is 3. The van der Waals surface area contributed by atoms with Gasteiger partial charge in [-0.1, -0.05) is 11.6 Å². The SMILES string of the molecule is Cc1cn2nc(C=O)cc2c(Cl)n1. The van der Waals surface area contributed by atoms with Gasteiger partial charge < -0.3 is 0 Å². The van der Waals surface area contributed by atoms with E-state index in [-0.39, 0.29) is 0 Å². The van der Waals surface area contributed by atoms with E-state index in [9.17, 15) is 4.79 Å². The molecular weight excluding hydrogens is 190 g/mol. The molecule has 5 heteroatoms. The van der Waals surface area contributed by atoms with Gasteiger partial charge in [-0.05, 0) is 13.0 Å². The maximum Gasteiger partial charge on any atom is 0.170 e. The quantitative estimate of drug-likeness (QED) is 0.648. The average molecular weight is 196 g/mol. The van der Waals surface area contributed by atoms with Crippen molar-refractivity contribution in [2.45, 2.75) is 6.92 Å². The molecule has 0 aliphatic carbocycles. The Morgan fingerprint density at radius 3 is 3.08 bits per heavy atom. The molecule has 0 aromatic carbocycles. The Balaban J connectivity index is 2.82. The third-order valence-corrected chi connectivity index (χ3v) is 1.95. The van der Waals surface area contributed by atoms with Crippen molar-refractivity contribution in [1.82, 2.24) is 14.6 Å². The summed E-state index contributed by atoms with van der Waals surface area (Å²) in [6.45, 7) is 1.81. The van der Waals surface area contributed by atoms with Crippen molar-refractivity contribution in [3.05, 3.63) is 28.8 Å². The van der Waals surface area contributed by atoms with Crippen LogP contribution < -0.4 is 0 Å². The summed E-state index contributed by atoms with van der Waals surface area (Å²) in [5, 5.41) is 4.34. The van der Waals surface area contributed by atoms with Crippen LogP contribution in [0.3, 0.4) is 0 Å². The highest BCUT2D eigenvalue weighted by atomic mass is 35.5. The Morgan fingerprint density at radius 2 is 2.38 bits per heavy atom. The van der Waals surface area contributed by atoms with Crippen molar-refractivity contribution in [3.63, 3.8) is 0 Å². The summed E-state index contributed by atoms with van der Waals surface area (Å²) in [6.07, 6.45) is 2.40. The van der Waals surface area contributed by atoms with Crippen LogP contribution >= 0.6 is 11.6 Å². The minimum atomic E-state index is 0.356. The summed E-state index contributed by atoms with van der Waals surface area (Å²) in [7, 11) is 0. The first-order valence-electron chi connectivity index (χ1n) is 3.68. The highest BCUT2D eigenvalue weighted by Crippen LogP contribution is 2.15. The third-order valence-electron chi connectivity index (χ3n) is 1.67. The molecule has 0 bridgehead atoms. The largest absolute Gasteiger partial charge is 0.296 e. The second-order valence-corrected chi connectivity index (χ2v) is 3.05. The molecule has 0 N–H and O–H groups in total. The molecule has 0 unspecified atom stereocenters. The molecule has 0 fully saturated rings. The van der Waals surface area contributed by atoms with Crippen molar-refractivity contribution in [2.75, 3.05) is 0 Å². The number of carbonyl (C=O) groups excluding carboxylic acids is 1. The number of carbonyl (C=O) groups is 1. The third kappa shape index (κ3) is 1.29. The fourth-order valence-electron chi connectivity index (χ4n) is 1.14. The molecule has 0 saturated heterocycles. The Morgan fingerprint density at radius 1 is 1.62 bits per heavy atom. The van der Waals surface area contributed by atoms with Gasteiger partial charge in [0.25, 0.3) is 0 Å². The van der Waals surface area contributed by atoms with Crippen LogP contribution in [-0.2, 0) is 0 Å². The van der Waals surface area contributed by atoms with Gasteiger partial charge in [0.2, 0.25) is 0 Å². The fourth-order valence-corrected chi connectivity index (χ4v) is 1.42. The number of hydrogen-bond donors (Lipinski definition) is 0. The first-order chi connectivity index (χ1) is 6.20. The van der Waals surface area contributed by atoms with E-state index in [0.717, 1.165) is 5.69 Å². The second kappa shape index (κ2) is 2.81. The van der Waals surface area contributed by atoms with Crippen LogP contribution in [0.1, 0.15) is 16.2 Å². The van der Waals surface area contributed by atoms with Crippen molar-refractivity contribution in [2.24, 2.45) is 0 Å². The molecule has 2 aromatic heterocycles. The molecule has 66 valence electrons. The van der Waals surface area contributed by atoms with E-state index in [0.29, 0.717) is 22.6 Å². The molecule has 4 nitrogen and oxygen atoms in total. The number of fused-ring (bicyclic) bond motifs is 1. The first-order valence-corrected chi connectivity index (χ1v) is 4.06. The van der Waals surface area contributed by atoms with Crippen molar-refractivity contribution < 1.29 is 4.79 Å². The van der Waals surface area contributed by atoms with E-state index >= 15 is 0 Å². The number of nitrogens with zero attached hydrogens (tertiary/aromatic N) is 3. The molecule has 0 radical (unpaired) electrons. The molecule has 0 atom stereocenters. The fraction of sp³-hybridized carbons (Fsp3) is 0.125. The van der Waals surface area contributed by atoms with Crippen LogP contribution in [0.15, 0.2) is 12.3 Å². The van der Waals surface area contributed by atoms with Crippen LogP contribution in [0.4, 0.5) is 0 Å². The Bertz CT molecular complexity index is 477. The molecule has 0 amide bonds. The standard InChI is InChI=1S/C8H6ClN3O/c1-5-3-12-7(8(9)10-5)2-6(4-13)11-12/h2-4H,1H3. The zero-order valence-electron chi connectivity index (χ0n) is 6.86. The molecule has 0 saturated carbocycles. The summed E-state index contributed by atoms with van der Waals surface area (Å²) in [4.78, 5) is 14.5.